The van der Waals surface area contributed by atoms with Crippen molar-refractivity contribution in [2.75, 3.05) is 47.5 Å². The van der Waals surface area contributed by atoms with Gasteiger partial charge in [0.2, 0.25) is 0 Å². The predicted molar refractivity (Wildman–Crippen MR) is 223 cm³/mol. The minimum Gasteiger partial charge on any atom is -0.756 e. The van der Waals surface area contributed by atoms with Crippen LogP contribution >= 0.6 is 7.82 Å². The number of phosphoric acid groups is 1. The molecule has 0 aliphatic rings. The van der Waals surface area contributed by atoms with E-state index in [0.29, 0.717) is 30.3 Å². The summed E-state index contributed by atoms with van der Waals surface area (Å²) in [4.78, 5) is 37.5. The van der Waals surface area contributed by atoms with Crippen LogP contribution in [-0.4, -0.2) is 81.2 Å². The minimum absolute atomic E-state index is 0.00295. The lowest BCUT2D eigenvalue weighted by Gasteiger charge is -2.28. The number of quaternary nitrogens is 1. The molecule has 10 nitrogen and oxygen atoms in total. The second-order valence-electron chi connectivity index (χ2n) is 15.6. The largest absolute Gasteiger partial charge is 0.756 e. The Balaban J connectivity index is 4.59. The third-order valence-electron chi connectivity index (χ3n) is 8.96. The molecule has 3 unspecified atom stereocenters. The Morgan fingerprint density at radius 1 is 0.673 bits per heavy atom. The summed E-state index contributed by atoms with van der Waals surface area (Å²) < 4.78 is 33.7. The summed E-state index contributed by atoms with van der Waals surface area (Å²) in [5.41, 5.74) is 0. The summed E-state index contributed by atoms with van der Waals surface area (Å²) in [5.74, 6) is -1.04. The summed E-state index contributed by atoms with van der Waals surface area (Å²) in [5, 5.41) is 10.3. The maximum absolute atomic E-state index is 12.7. The number of allylic oxidation sites excluding steroid dienone is 7. The molecule has 0 aromatic carbocycles. The number of hydrogen-bond donors (Lipinski definition) is 1. The number of ether oxygens (including phenoxy) is 2. The van der Waals surface area contributed by atoms with Crippen molar-refractivity contribution < 1.29 is 47.2 Å². The van der Waals surface area contributed by atoms with Crippen LogP contribution in [-0.2, 0) is 32.7 Å². The van der Waals surface area contributed by atoms with Gasteiger partial charge in [-0.25, -0.2) is 0 Å². The average Bonchev–Trinajstić information content (AvgIpc) is 3.12. The standard InChI is InChI=1S/C44H80NO9P/c1-6-8-10-12-14-16-18-20-22-24-26-28-30-33-41(46)34-32-36-44(48)54-42(40-53-55(49,50)52-38-37-45(3,4)5)39-51-43(47)35-31-29-27-25-23-21-19-17-15-13-11-9-7-2/h14,16,20,22,26,28,30,33,41-42,46H,6-13,15,17-19,21,23-25,27,29,31-32,34-40H2,1-5H3/b16-14-,22-20-,28-26-,33-30+. The van der Waals surface area contributed by atoms with Crippen LogP contribution in [0.1, 0.15) is 162 Å². The Morgan fingerprint density at radius 3 is 1.84 bits per heavy atom. The van der Waals surface area contributed by atoms with E-state index in [1.807, 2.05) is 33.3 Å². The molecule has 0 amide bonds. The molecule has 320 valence electrons. The van der Waals surface area contributed by atoms with Crippen molar-refractivity contribution in [1.29, 1.82) is 0 Å². The lowest BCUT2D eigenvalue weighted by Crippen LogP contribution is -2.37. The topological polar surface area (TPSA) is 131 Å². The third-order valence-corrected chi connectivity index (χ3v) is 9.92. The fraction of sp³-hybridized carbons (Fsp3) is 0.773. The van der Waals surface area contributed by atoms with Gasteiger partial charge in [0, 0.05) is 12.8 Å². The monoisotopic (exact) mass is 798 g/mol. The molecule has 0 fully saturated rings. The second-order valence-corrected chi connectivity index (χ2v) is 17.0. The molecule has 3 atom stereocenters. The highest BCUT2D eigenvalue weighted by Gasteiger charge is 2.22. The molecule has 0 aromatic rings. The normalized spacial score (nSPS) is 14.7. The number of esters is 2. The second kappa shape index (κ2) is 36.3. The van der Waals surface area contributed by atoms with Gasteiger partial charge in [-0.15, -0.1) is 0 Å². The van der Waals surface area contributed by atoms with E-state index in [-0.39, 0.29) is 26.1 Å². The highest BCUT2D eigenvalue weighted by atomic mass is 31.2. The summed E-state index contributed by atoms with van der Waals surface area (Å²) >= 11 is 0. The molecule has 0 aliphatic heterocycles. The lowest BCUT2D eigenvalue weighted by atomic mass is 10.0. The Morgan fingerprint density at radius 2 is 1.22 bits per heavy atom. The first-order valence-electron chi connectivity index (χ1n) is 21.5. The van der Waals surface area contributed by atoms with Crippen LogP contribution in [0.25, 0.3) is 0 Å². The smallest absolute Gasteiger partial charge is 0.306 e. The molecule has 0 saturated carbocycles. The number of rotatable bonds is 38. The number of aliphatic hydroxyl groups excluding tert-OH is 1. The van der Waals surface area contributed by atoms with Crippen molar-refractivity contribution >= 4 is 19.8 Å². The van der Waals surface area contributed by atoms with Crippen LogP contribution in [0.15, 0.2) is 48.6 Å². The summed E-state index contributed by atoms with van der Waals surface area (Å²) in [6, 6.07) is 0. The first-order chi connectivity index (χ1) is 26.4. The Labute approximate surface area is 336 Å². The van der Waals surface area contributed by atoms with Gasteiger partial charge in [0.1, 0.15) is 19.8 Å². The molecule has 0 spiro atoms. The highest BCUT2D eigenvalue weighted by Crippen LogP contribution is 2.38. The molecule has 55 heavy (non-hydrogen) atoms. The van der Waals surface area contributed by atoms with E-state index in [2.05, 4.69) is 38.2 Å². The molecule has 1 N–H and O–H groups in total. The Bertz CT molecular complexity index is 1100. The Kier molecular flexibility index (Phi) is 34.9. The number of phosphoric ester groups is 1. The SMILES string of the molecule is CCCCC/C=C\C/C=C\C/C=C\C=C\C(O)CCCC(=O)OC(COC(=O)CCCCCCCCCCCCCCC)COP(=O)([O-])OCC[N+](C)(C)C. The zero-order valence-electron chi connectivity index (χ0n) is 35.5. The van der Waals surface area contributed by atoms with Gasteiger partial charge >= 0.3 is 11.9 Å². The minimum atomic E-state index is -4.68. The van der Waals surface area contributed by atoms with Crippen molar-refractivity contribution in [3.05, 3.63) is 48.6 Å². The first-order valence-corrected chi connectivity index (χ1v) is 22.9. The van der Waals surface area contributed by atoms with Gasteiger partial charge in [-0.3, -0.25) is 14.2 Å². The van der Waals surface area contributed by atoms with Crippen molar-refractivity contribution in [2.45, 2.75) is 174 Å². The van der Waals surface area contributed by atoms with Crippen LogP contribution in [0.5, 0.6) is 0 Å². The van der Waals surface area contributed by atoms with Crippen LogP contribution in [0, 0.1) is 0 Å². The quantitative estimate of drug-likeness (QED) is 0.0162. The van der Waals surface area contributed by atoms with E-state index < -0.39 is 38.6 Å². The maximum Gasteiger partial charge on any atom is 0.306 e. The fourth-order valence-corrected chi connectivity index (χ4v) is 6.25. The van der Waals surface area contributed by atoms with Gasteiger partial charge in [0.05, 0.1) is 33.9 Å². The number of carbonyl (C=O) groups excluding carboxylic acids is 2. The van der Waals surface area contributed by atoms with Gasteiger partial charge < -0.3 is 33.0 Å². The third kappa shape index (κ3) is 39.9. The fourth-order valence-electron chi connectivity index (χ4n) is 5.52. The number of unbranched alkanes of at least 4 members (excludes halogenated alkanes) is 15. The number of nitrogens with zero attached hydrogens (tertiary/aromatic N) is 1. The van der Waals surface area contributed by atoms with Crippen molar-refractivity contribution in [3.63, 3.8) is 0 Å². The van der Waals surface area contributed by atoms with Crippen LogP contribution in [0.3, 0.4) is 0 Å². The molecule has 0 rings (SSSR count). The molecule has 0 bridgehead atoms. The predicted octanol–water partition coefficient (Wildman–Crippen LogP) is 10.2. The van der Waals surface area contributed by atoms with Crippen LogP contribution in [0.2, 0.25) is 0 Å². The summed E-state index contributed by atoms with van der Waals surface area (Å²) in [7, 11) is 1.05. The van der Waals surface area contributed by atoms with E-state index in [1.165, 1.54) is 77.0 Å². The molecule has 11 heteroatoms. The number of aliphatic hydroxyl groups is 1. The van der Waals surface area contributed by atoms with Gasteiger partial charge in [-0.05, 0) is 44.9 Å². The first kappa shape index (κ1) is 52.9. The van der Waals surface area contributed by atoms with Gasteiger partial charge in [0.15, 0.2) is 6.10 Å². The van der Waals surface area contributed by atoms with Crippen molar-refractivity contribution in [3.8, 4) is 0 Å². The molecule has 0 heterocycles. The van der Waals surface area contributed by atoms with Crippen molar-refractivity contribution in [1.82, 2.24) is 0 Å². The van der Waals surface area contributed by atoms with Gasteiger partial charge in [0.25, 0.3) is 7.82 Å². The summed E-state index contributed by atoms with van der Waals surface area (Å²) in [6.45, 7) is 3.96. The summed E-state index contributed by atoms with van der Waals surface area (Å²) in [6.07, 6.45) is 37.4. The zero-order valence-corrected chi connectivity index (χ0v) is 36.4. The van der Waals surface area contributed by atoms with Crippen LogP contribution < -0.4 is 4.89 Å². The van der Waals surface area contributed by atoms with E-state index in [1.54, 1.807) is 12.2 Å². The number of hydrogen-bond acceptors (Lipinski definition) is 9. The molecular formula is C44H80NO9P. The molecule has 0 aliphatic carbocycles. The van der Waals surface area contributed by atoms with E-state index in [9.17, 15) is 24.2 Å². The zero-order chi connectivity index (χ0) is 40.9. The van der Waals surface area contributed by atoms with E-state index >= 15 is 0 Å². The lowest BCUT2D eigenvalue weighted by molar-refractivity contribution is -0.870. The van der Waals surface area contributed by atoms with Crippen LogP contribution in [0.4, 0.5) is 0 Å². The molecular weight excluding hydrogens is 717 g/mol. The van der Waals surface area contributed by atoms with Gasteiger partial charge in [-0.2, -0.15) is 0 Å². The average molecular weight is 798 g/mol. The highest BCUT2D eigenvalue weighted by molar-refractivity contribution is 7.45. The number of carbonyl (C=O) groups is 2. The van der Waals surface area contributed by atoms with E-state index in [0.717, 1.165) is 38.5 Å². The molecule has 0 saturated heterocycles. The molecule has 0 aromatic heterocycles. The van der Waals surface area contributed by atoms with Gasteiger partial charge in [-0.1, -0.05) is 152 Å². The molecule has 0 radical (unpaired) electrons. The Hall–Kier alpha value is -2.07. The van der Waals surface area contributed by atoms with Crippen molar-refractivity contribution in [2.24, 2.45) is 0 Å². The maximum atomic E-state index is 12.7. The number of likely N-dealkylation sites (N-methyl/N-ethyl adjacent to an activating group) is 1. The van der Waals surface area contributed by atoms with E-state index in [4.69, 9.17) is 18.5 Å².